The van der Waals surface area contributed by atoms with Crippen LogP contribution >= 0.6 is 0 Å². The minimum absolute atomic E-state index is 0.0315. The fraction of sp³-hybridized carbons (Fsp3) is 0.688. The van der Waals surface area contributed by atoms with Crippen LogP contribution in [0.4, 0.5) is 0 Å². The first-order valence-electron chi connectivity index (χ1n) is 7.15. The van der Waals surface area contributed by atoms with Crippen molar-refractivity contribution >= 4 is 0 Å². The van der Waals surface area contributed by atoms with Crippen LogP contribution in [-0.2, 0) is 12.8 Å². The van der Waals surface area contributed by atoms with Crippen LogP contribution in [0.1, 0.15) is 57.7 Å². The lowest BCUT2D eigenvalue weighted by Gasteiger charge is -2.41. The summed E-state index contributed by atoms with van der Waals surface area (Å²) in [5.41, 5.74) is 9.43. The monoisotopic (exact) mass is 246 g/mol. The van der Waals surface area contributed by atoms with E-state index < -0.39 is 0 Å². The van der Waals surface area contributed by atoms with Gasteiger partial charge in [0.25, 0.3) is 0 Å². The highest BCUT2D eigenvalue weighted by atomic mass is 14.8. The lowest BCUT2D eigenvalue weighted by molar-refractivity contribution is 0.164. The summed E-state index contributed by atoms with van der Waals surface area (Å²) >= 11 is 0. The van der Waals surface area contributed by atoms with E-state index in [0.717, 1.165) is 31.4 Å². The molecule has 0 saturated heterocycles. The van der Waals surface area contributed by atoms with Gasteiger partial charge in [0.1, 0.15) is 0 Å². The molecule has 0 spiro atoms. The summed E-state index contributed by atoms with van der Waals surface area (Å²) in [4.78, 5) is 4.55. The molecule has 0 bridgehead atoms. The second kappa shape index (κ2) is 5.00. The Balaban J connectivity index is 2.00. The lowest BCUT2D eigenvalue weighted by atomic mass is 9.68. The number of aryl methyl sites for hydroxylation is 1. The smallest absolute Gasteiger partial charge is 0.0422 e. The summed E-state index contributed by atoms with van der Waals surface area (Å²) in [6, 6.07) is 4.33. The molecule has 1 aliphatic rings. The van der Waals surface area contributed by atoms with Gasteiger partial charge in [-0.2, -0.15) is 0 Å². The van der Waals surface area contributed by atoms with Crippen LogP contribution in [0.15, 0.2) is 18.3 Å². The number of hydrogen-bond donors (Lipinski definition) is 1. The number of nitrogens with zero attached hydrogens (tertiary/aromatic N) is 1. The minimum Gasteiger partial charge on any atom is -0.325 e. The van der Waals surface area contributed by atoms with E-state index in [1.54, 1.807) is 0 Å². The molecule has 1 aromatic rings. The molecule has 1 saturated carbocycles. The lowest BCUT2D eigenvalue weighted by Crippen LogP contribution is -2.47. The highest BCUT2D eigenvalue weighted by molar-refractivity contribution is 5.16. The molecule has 0 atom stereocenters. The molecule has 2 nitrogen and oxygen atoms in total. The van der Waals surface area contributed by atoms with Crippen LogP contribution in [0.25, 0.3) is 0 Å². The first-order valence-corrected chi connectivity index (χ1v) is 7.15. The van der Waals surface area contributed by atoms with E-state index in [4.69, 9.17) is 5.73 Å². The topological polar surface area (TPSA) is 38.9 Å². The Kier molecular flexibility index (Phi) is 3.76. The molecule has 2 heteroatoms. The highest BCUT2D eigenvalue weighted by Gasteiger charge is 2.35. The van der Waals surface area contributed by atoms with Gasteiger partial charge in [0.2, 0.25) is 0 Å². The number of nitrogens with two attached hydrogens (primary N) is 1. The molecule has 1 fully saturated rings. The summed E-state index contributed by atoms with van der Waals surface area (Å²) in [7, 11) is 0. The fourth-order valence-electron chi connectivity index (χ4n) is 2.73. The van der Waals surface area contributed by atoms with Crippen LogP contribution in [-0.4, -0.2) is 10.5 Å². The maximum absolute atomic E-state index is 6.54. The van der Waals surface area contributed by atoms with Gasteiger partial charge in [0, 0.05) is 23.9 Å². The maximum atomic E-state index is 6.54. The van der Waals surface area contributed by atoms with Crippen molar-refractivity contribution in [3.63, 3.8) is 0 Å². The van der Waals surface area contributed by atoms with E-state index in [1.165, 1.54) is 18.4 Å². The highest BCUT2D eigenvalue weighted by Crippen LogP contribution is 2.40. The Morgan fingerprint density at radius 1 is 1.17 bits per heavy atom. The molecule has 0 amide bonds. The van der Waals surface area contributed by atoms with E-state index in [-0.39, 0.29) is 5.54 Å². The third-order valence-electron chi connectivity index (χ3n) is 4.43. The van der Waals surface area contributed by atoms with Gasteiger partial charge in [-0.05, 0) is 49.1 Å². The van der Waals surface area contributed by atoms with Crippen molar-refractivity contribution in [2.75, 3.05) is 0 Å². The molecule has 0 radical (unpaired) electrons. The minimum atomic E-state index is -0.0315. The first kappa shape index (κ1) is 13.5. The van der Waals surface area contributed by atoms with Gasteiger partial charge >= 0.3 is 0 Å². The molecule has 0 unspecified atom stereocenters. The molecule has 0 aromatic carbocycles. The Hall–Kier alpha value is -0.890. The SMILES string of the molecule is CCc1ccc(CC2(N)CCC(C)(C)CC2)nc1. The Bertz CT molecular complexity index is 382. The molecule has 1 aromatic heterocycles. The quantitative estimate of drug-likeness (QED) is 0.886. The standard InChI is InChI=1S/C16H26N2/c1-4-13-5-6-14(18-12-13)11-16(17)9-7-15(2,3)8-10-16/h5-6,12H,4,7-11,17H2,1-3H3. The molecule has 100 valence electrons. The van der Waals surface area contributed by atoms with Crippen molar-refractivity contribution in [3.8, 4) is 0 Å². The van der Waals surface area contributed by atoms with Crippen molar-refractivity contribution in [1.82, 2.24) is 4.98 Å². The second-order valence-electron chi connectivity index (χ2n) is 6.71. The molecular weight excluding hydrogens is 220 g/mol. The third-order valence-corrected chi connectivity index (χ3v) is 4.43. The van der Waals surface area contributed by atoms with Crippen LogP contribution in [0.5, 0.6) is 0 Å². The summed E-state index contributed by atoms with van der Waals surface area (Å²) < 4.78 is 0. The number of pyridine rings is 1. The summed E-state index contributed by atoms with van der Waals surface area (Å²) in [5, 5.41) is 0. The molecule has 18 heavy (non-hydrogen) atoms. The van der Waals surface area contributed by atoms with Crippen LogP contribution in [0, 0.1) is 5.41 Å². The van der Waals surface area contributed by atoms with Crippen molar-refractivity contribution in [2.24, 2.45) is 11.1 Å². The normalized spacial score (nSPS) is 21.8. The predicted octanol–water partition coefficient (Wildman–Crippen LogP) is 3.48. The van der Waals surface area contributed by atoms with Crippen LogP contribution in [0.2, 0.25) is 0 Å². The third kappa shape index (κ3) is 3.32. The first-order chi connectivity index (χ1) is 8.42. The Morgan fingerprint density at radius 2 is 1.83 bits per heavy atom. The Morgan fingerprint density at radius 3 is 2.33 bits per heavy atom. The maximum Gasteiger partial charge on any atom is 0.0422 e. The zero-order chi connectivity index (χ0) is 13.2. The van der Waals surface area contributed by atoms with E-state index in [0.29, 0.717) is 5.41 Å². The fourth-order valence-corrected chi connectivity index (χ4v) is 2.73. The van der Waals surface area contributed by atoms with E-state index in [2.05, 4.69) is 37.9 Å². The van der Waals surface area contributed by atoms with Gasteiger partial charge in [-0.3, -0.25) is 4.98 Å². The van der Waals surface area contributed by atoms with Crippen molar-refractivity contribution in [1.29, 1.82) is 0 Å². The van der Waals surface area contributed by atoms with E-state index in [9.17, 15) is 0 Å². The summed E-state index contributed by atoms with van der Waals surface area (Å²) in [6.07, 6.45) is 8.68. The predicted molar refractivity (Wildman–Crippen MR) is 76.5 cm³/mol. The average molecular weight is 246 g/mol. The molecule has 2 rings (SSSR count). The Labute approximate surface area is 111 Å². The molecule has 1 heterocycles. The van der Waals surface area contributed by atoms with Gasteiger partial charge in [0.05, 0.1) is 0 Å². The van der Waals surface area contributed by atoms with Crippen LogP contribution in [0.3, 0.4) is 0 Å². The zero-order valence-electron chi connectivity index (χ0n) is 12.0. The van der Waals surface area contributed by atoms with Crippen molar-refractivity contribution < 1.29 is 0 Å². The molecular formula is C16H26N2. The average Bonchev–Trinajstić information content (AvgIpc) is 2.35. The van der Waals surface area contributed by atoms with Crippen molar-refractivity contribution in [2.45, 2.75) is 64.8 Å². The van der Waals surface area contributed by atoms with Gasteiger partial charge in [0.15, 0.2) is 0 Å². The van der Waals surface area contributed by atoms with Crippen LogP contribution < -0.4 is 5.73 Å². The van der Waals surface area contributed by atoms with Crippen molar-refractivity contribution in [3.05, 3.63) is 29.6 Å². The second-order valence-corrected chi connectivity index (χ2v) is 6.71. The van der Waals surface area contributed by atoms with E-state index in [1.807, 2.05) is 6.20 Å². The van der Waals surface area contributed by atoms with E-state index >= 15 is 0 Å². The largest absolute Gasteiger partial charge is 0.325 e. The summed E-state index contributed by atoms with van der Waals surface area (Å²) in [5.74, 6) is 0. The van der Waals surface area contributed by atoms with Gasteiger partial charge in [-0.15, -0.1) is 0 Å². The number of rotatable bonds is 3. The zero-order valence-corrected chi connectivity index (χ0v) is 12.0. The number of hydrogen-bond acceptors (Lipinski definition) is 2. The molecule has 0 aliphatic heterocycles. The van der Waals surface area contributed by atoms with Gasteiger partial charge in [-0.1, -0.05) is 26.8 Å². The van der Waals surface area contributed by atoms with Gasteiger partial charge in [-0.25, -0.2) is 0 Å². The summed E-state index contributed by atoms with van der Waals surface area (Å²) in [6.45, 7) is 6.85. The molecule has 2 N–H and O–H groups in total. The number of aromatic nitrogens is 1. The van der Waals surface area contributed by atoms with Gasteiger partial charge < -0.3 is 5.73 Å². The molecule has 1 aliphatic carbocycles.